The number of rotatable bonds is 5. The number of amides is 1. The molecule has 0 aromatic heterocycles. The molecule has 3 rings (SSSR count). The van der Waals surface area contributed by atoms with Crippen molar-refractivity contribution in [3.05, 3.63) is 59.2 Å². The predicted octanol–water partition coefficient (Wildman–Crippen LogP) is 4.80. The molecule has 164 valence electrons. The molecule has 1 aliphatic carbocycles. The second kappa shape index (κ2) is 9.29. The van der Waals surface area contributed by atoms with Gasteiger partial charge in [-0.15, -0.1) is 0 Å². The second-order valence-corrected chi connectivity index (χ2v) is 7.98. The Balaban J connectivity index is 1.54. The minimum atomic E-state index is -4.57. The van der Waals surface area contributed by atoms with Crippen molar-refractivity contribution in [2.75, 3.05) is 24.3 Å². The van der Waals surface area contributed by atoms with Gasteiger partial charge in [-0.25, -0.2) is 0 Å². The zero-order valence-corrected chi connectivity index (χ0v) is 17.5. The maximum absolute atomic E-state index is 13.1. The quantitative estimate of drug-likeness (QED) is 0.715. The second-order valence-electron chi connectivity index (χ2n) is 7.98. The number of benzene rings is 2. The average Bonchev–Trinajstić information content (AvgIpc) is 2.74. The van der Waals surface area contributed by atoms with E-state index in [1.807, 2.05) is 31.1 Å². The number of nitriles is 1. The molecule has 0 atom stereocenters. The summed E-state index contributed by atoms with van der Waals surface area (Å²) in [7, 11) is 3.87. The van der Waals surface area contributed by atoms with Crippen molar-refractivity contribution in [3.63, 3.8) is 0 Å². The third kappa shape index (κ3) is 5.69. The van der Waals surface area contributed by atoms with Crippen LogP contribution in [-0.2, 0) is 6.18 Å². The molecule has 1 fully saturated rings. The van der Waals surface area contributed by atoms with Crippen LogP contribution < -0.4 is 15.5 Å². The molecule has 0 saturated heterocycles. The van der Waals surface area contributed by atoms with Crippen molar-refractivity contribution in [1.82, 2.24) is 5.32 Å². The van der Waals surface area contributed by atoms with Crippen LogP contribution in [0.15, 0.2) is 42.5 Å². The molecule has 1 saturated carbocycles. The summed E-state index contributed by atoms with van der Waals surface area (Å²) in [4.78, 5) is 14.4. The number of carbonyl (C=O) groups excluding carboxylic acids is 1. The van der Waals surface area contributed by atoms with Crippen LogP contribution in [0.1, 0.15) is 47.2 Å². The molecule has 2 N–H and O–H groups in total. The van der Waals surface area contributed by atoms with Crippen molar-refractivity contribution < 1.29 is 18.0 Å². The summed E-state index contributed by atoms with van der Waals surface area (Å²) in [5, 5.41) is 15.1. The molecular formula is C23H25F3N4O. The van der Waals surface area contributed by atoms with E-state index in [2.05, 4.69) is 10.6 Å². The Kier molecular flexibility index (Phi) is 6.74. The summed E-state index contributed by atoms with van der Waals surface area (Å²) in [5.41, 5.74) is 0.645. The average molecular weight is 430 g/mol. The van der Waals surface area contributed by atoms with Crippen LogP contribution in [0.25, 0.3) is 0 Å². The highest BCUT2D eigenvalue weighted by atomic mass is 19.4. The van der Waals surface area contributed by atoms with E-state index in [-0.39, 0.29) is 23.6 Å². The standard InChI is InChI=1S/C23H25F3N4O/c1-30(2)20-11-4-15(5-12-20)22(31)29-18-9-7-17(8-10-18)28-19-6-3-16(14-27)21(13-19)23(24,25)26/h3-6,11-13,17-18,28H,7-10H2,1-2H3,(H,29,31)/t17-,18+. The molecule has 0 radical (unpaired) electrons. The van der Waals surface area contributed by atoms with Gasteiger partial charge in [0.25, 0.3) is 5.91 Å². The van der Waals surface area contributed by atoms with Crippen LogP contribution in [0, 0.1) is 11.3 Å². The van der Waals surface area contributed by atoms with Gasteiger partial charge < -0.3 is 15.5 Å². The smallest absolute Gasteiger partial charge is 0.382 e. The van der Waals surface area contributed by atoms with Gasteiger partial charge in [-0.3, -0.25) is 4.79 Å². The van der Waals surface area contributed by atoms with E-state index in [0.717, 1.165) is 37.4 Å². The van der Waals surface area contributed by atoms with Gasteiger partial charge in [-0.1, -0.05) is 0 Å². The molecule has 0 heterocycles. The first-order chi connectivity index (χ1) is 14.7. The molecule has 1 aliphatic rings. The fraction of sp³-hybridized carbons (Fsp3) is 0.391. The van der Waals surface area contributed by atoms with Crippen molar-refractivity contribution in [2.45, 2.75) is 43.9 Å². The molecule has 5 nitrogen and oxygen atoms in total. The molecule has 2 aromatic rings. The maximum Gasteiger partial charge on any atom is 0.417 e. The summed E-state index contributed by atoms with van der Waals surface area (Å²) in [6, 6.07) is 12.7. The van der Waals surface area contributed by atoms with E-state index in [0.29, 0.717) is 11.3 Å². The Morgan fingerprint density at radius 3 is 2.19 bits per heavy atom. The molecule has 2 aromatic carbocycles. The third-order valence-corrected chi connectivity index (χ3v) is 5.52. The lowest BCUT2D eigenvalue weighted by molar-refractivity contribution is -0.137. The molecular weight excluding hydrogens is 405 g/mol. The lowest BCUT2D eigenvalue weighted by Crippen LogP contribution is -2.40. The minimum absolute atomic E-state index is 0.0153. The van der Waals surface area contributed by atoms with Gasteiger partial charge in [-0.2, -0.15) is 18.4 Å². The van der Waals surface area contributed by atoms with Crippen molar-refractivity contribution in [3.8, 4) is 6.07 Å². The Morgan fingerprint density at radius 1 is 1.03 bits per heavy atom. The van der Waals surface area contributed by atoms with E-state index in [1.165, 1.54) is 12.1 Å². The first kappa shape index (κ1) is 22.5. The van der Waals surface area contributed by atoms with E-state index >= 15 is 0 Å². The lowest BCUT2D eigenvalue weighted by atomic mass is 9.90. The topological polar surface area (TPSA) is 68.2 Å². The van der Waals surface area contributed by atoms with Crippen molar-refractivity contribution >= 4 is 17.3 Å². The number of anilines is 2. The number of halogens is 3. The molecule has 31 heavy (non-hydrogen) atoms. The molecule has 0 bridgehead atoms. The van der Waals surface area contributed by atoms with E-state index in [9.17, 15) is 18.0 Å². The summed E-state index contributed by atoms with van der Waals surface area (Å²) in [6.45, 7) is 0. The number of alkyl halides is 3. The Morgan fingerprint density at radius 2 is 1.65 bits per heavy atom. The van der Waals surface area contributed by atoms with Crippen LogP contribution >= 0.6 is 0 Å². The lowest BCUT2D eigenvalue weighted by Gasteiger charge is -2.30. The number of nitrogens with zero attached hydrogens (tertiary/aromatic N) is 2. The summed E-state index contributed by atoms with van der Waals surface area (Å²) in [6.07, 6.45) is -1.64. The highest BCUT2D eigenvalue weighted by molar-refractivity contribution is 5.94. The van der Waals surface area contributed by atoms with Gasteiger partial charge in [0.15, 0.2) is 0 Å². The Hall–Kier alpha value is -3.21. The summed E-state index contributed by atoms with van der Waals surface area (Å²) < 4.78 is 39.4. The number of carbonyl (C=O) groups is 1. The first-order valence-corrected chi connectivity index (χ1v) is 10.1. The van der Waals surface area contributed by atoms with Crippen molar-refractivity contribution in [1.29, 1.82) is 5.26 Å². The van der Waals surface area contributed by atoms with Gasteiger partial charge in [0.2, 0.25) is 0 Å². The molecule has 0 unspecified atom stereocenters. The number of hydrogen-bond donors (Lipinski definition) is 2. The number of nitrogens with one attached hydrogen (secondary N) is 2. The van der Waals surface area contributed by atoms with E-state index in [4.69, 9.17) is 5.26 Å². The highest BCUT2D eigenvalue weighted by Crippen LogP contribution is 2.34. The van der Waals surface area contributed by atoms with Crippen LogP contribution in [0.5, 0.6) is 0 Å². The molecule has 0 spiro atoms. The largest absolute Gasteiger partial charge is 0.417 e. The fourth-order valence-corrected chi connectivity index (χ4v) is 3.76. The molecule has 0 aliphatic heterocycles. The highest BCUT2D eigenvalue weighted by Gasteiger charge is 2.34. The van der Waals surface area contributed by atoms with Crippen LogP contribution in [0.2, 0.25) is 0 Å². The minimum Gasteiger partial charge on any atom is -0.382 e. The van der Waals surface area contributed by atoms with Crippen LogP contribution in [0.3, 0.4) is 0 Å². The fourth-order valence-electron chi connectivity index (χ4n) is 3.76. The van der Waals surface area contributed by atoms with Gasteiger partial charge in [0, 0.05) is 43.1 Å². The number of hydrogen-bond acceptors (Lipinski definition) is 4. The van der Waals surface area contributed by atoms with Gasteiger partial charge in [-0.05, 0) is 68.1 Å². The third-order valence-electron chi connectivity index (χ3n) is 5.52. The van der Waals surface area contributed by atoms with E-state index in [1.54, 1.807) is 18.2 Å². The van der Waals surface area contributed by atoms with Gasteiger partial charge in [0.05, 0.1) is 17.2 Å². The van der Waals surface area contributed by atoms with Gasteiger partial charge in [0.1, 0.15) is 0 Å². The molecule has 1 amide bonds. The Labute approximate surface area is 179 Å². The van der Waals surface area contributed by atoms with Crippen LogP contribution in [-0.4, -0.2) is 32.1 Å². The van der Waals surface area contributed by atoms with Crippen LogP contribution in [0.4, 0.5) is 24.5 Å². The van der Waals surface area contributed by atoms with Gasteiger partial charge >= 0.3 is 6.18 Å². The maximum atomic E-state index is 13.1. The predicted molar refractivity (Wildman–Crippen MR) is 114 cm³/mol. The normalized spacial score (nSPS) is 18.7. The van der Waals surface area contributed by atoms with E-state index < -0.39 is 11.7 Å². The first-order valence-electron chi connectivity index (χ1n) is 10.1. The van der Waals surface area contributed by atoms with Crippen molar-refractivity contribution in [2.24, 2.45) is 0 Å². The zero-order valence-electron chi connectivity index (χ0n) is 17.5. The summed E-state index contributed by atoms with van der Waals surface area (Å²) in [5.74, 6) is -0.122. The Bertz CT molecular complexity index is 956. The summed E-state index contributed by atoms with van der Waals surface area (Å²) >= 11 is 0. The SMILES string of the molecule is CN(C)c1ccc(C(=O)N[C@H]2CC[C@@H](Nc3ccc(C#N)c(C(F)(F)F)c3)CC2)cc1. The zero-order chi connectivity index (χ0) is 22.6. The monoisotopic (exact) mass is 430 g/mol. The molecule has 8 heteroatoms.